The van der Waals surface area contributed by atoms with E-state index >= 15 is 0 Å². The number of benzene rings is 2. The van der Waals surface area contributed by atoms with Crippen molar-refractivity contribution < 1.29 is 19.3 Å². The summed E-state index contributed by atoms with van der Waals surface area (Å²) < 4.78 is 0. The molecule has 1 N–H and O–H groups in total. The number of anilines is 1. The first-order valence-electron chi connectivity index (χ1n) is 8.54. The van der Waals surface area contributed by atoms with Crippen molar-refractivity contribution in [1.82, 2.24) is 5.32 Å². The predicted molar refractivity (Wildman–Crippen MR) is 103 cm³/mol. The van der Waals surface area contributed by atoms with Gasteiger partial charge in [-0.15, -0.1) is 0 Å². The summed E-state index contributed by atoms with van der Waals surface area (Å²) in [4.78, 5) is 48.5. The number of urea groups is 1. The third kappa shape index (κ3) is 3.66. The topological polar surface area (TPSA) is 110 Å². The number of imide groups is 2. The zero-order valence-electron chi connectivity index (χ0n) is 15.2. The molecule has 8 heteroatoms. The van der Waals surface area contributed by atoms with E-state index in [1.54, 1.807) is 24.3 Å². The quantitative estimate of drug-likeness (QED) is 0.379. The van der Waals surface area contributed by atoms with Crippen molar-refractivity contribution in [3.8, 4) is 0 Å². The normalized spacial score (nSPS) is 15.9. The van der Waals surface area contributed by atoms with E-state index in [0.717, 1.165) is 10.5 Å². The van der Waals surface area contributed by atoms with Gasteiger partial charge in [-0.1, -0.05) is 38.1 Å². The van der Waals surface area contributed by atoms with E-state index in [-0.39, 0.29) is 17.2 Å². The third-order valence-corrected chi connectivity index (χ3v) is 4.31. The molecule has 0 atom stereocenters. The van der Waals surface area contributed by atoms with Crippen LogP contribution in [0.15, 0.2) is 54.1 Å². The Kier molecular flexibility index (Phi) is 5.04. The monoisotopic (exact) mass is 379 g/mol. The molecule has 1 saturated heterocycles. The van der Waals surface area contributed by atoms with Gasteiger partial charge in [-0.05, 0) is 35.3 Å². The molecule has 0 saturated carbocycles. The maximum absolute atomic E-state index is 12.8. The summed E-state index contributed by atoms with van der Waals surface area (Å²) in [6, 6.07) is 11.6. The molecule has 3 rings (SSSR count). The minimum atomic E-state index is -0.850. The number of nitrogens with one attached hydrogen (secondary N) is 1. The molecule has 1 aliphatic rings. The van der Waals surface area contributed by atoms with Crippen molar-refractivity contribution in [2.75, 3.05) is 4.90 Å². The Bertz CT molecular complexity index is 1010. The summed E-state index contributed by atoms with van der Waals surface area (Å²) in [7, 11) is 0. The fraction of sp³-hybridized carbons (Fsp3) is 0.150. The van der Waals surface area contributed by atoms with Crippen LogP contribution < -0.4 is 10.2 Å². The number of nitro groups is 1. The van der Waals surface area contributed by atoms with Crippen LogP contribution in [0.25, 0.3) is 6.08 Å². The van der Waals surface area contributed by atoms with Gasteiger partial charge in [0.05, 0.1) is 10.6 Å². The van der Waals surface area contributed by atoms with Crippen LogP contribution in [0.1, 0.15) is 30.9 Å². The molecule has 1 aliphatic heterocycles. The summed E-state index contributed by atoms with van der Waals surface area (Å²) >= 11 is 0. The maximum Gasteiger partial charge on any atom is 0.335 e. The largest absolute Gasteiger partial charge is 0.335 e. The molecule has 0 aromatic heterocycles. The lowest BCUT2D eigenvalue weighted by Gasteiger charge is -2.26. The van der Waals surface area contributed by atoms with Crippen molar-refractivity contribution in [1.29, 1.82) is 0 Å². The van der Waals surface area contributed by atoms with E-state index in [0.29, 0.717) is 11.3 Å². The lowest BCUT2D eigenvalue weighted by atomic mass is 10.0. The summed E-state index contributed by atoms with van der Waals surface area (Å²) in [6.07, 6.45) is 1.23. The number of carbonyl (C=O) groups is 3. The summed E-state index contributed by atoms with van der Waals surface area (Å²) in [5, 5.41) is 13.0. The van der Waals surface area contributed by atoms with Gasteiger partial charge in [0.25, 0.3) is 17.5 Å². The summed E-state index contributed by atoms with van der Waals surface area (Å²) in [6.45, 7) is 4.04. The van der Waals surface area contributed by atoms with Crippen LogP contribution in [0.2, 0.25) is 0 Å². The van der Waals surface area contributed by atoms with Crippen LogP contribution in [-0.4, -0.2) is 22.8 Å². The molecule has 0 spiro atoms. The average molecular weight is 379 g/mol. The Balaban J connectivity index is 1.98. The Morgan fingerprint density at radius 2 is 1.75 bits per heavy atom. The van der Waals surface area contributed by atoms with E-state index in [1.165, 1.54) is 30.3 Å². The first kappa shape index (κ1) is 19.0. The van der Waals surface area contributed by atoms with Gasteiger partial charge in [-0.25, -0.2) is 9.69 Å². The molecular formula is C20H17N3O5. The van der Waals surface area contributed by atoms with Gasteiger partial charge >= 0.3 is 6.03 Å². The second-order valence-electron chi connectivity index (χ2n) is 6.56. The first-order valence-corrected chi connectivity index (χ1v) is 8.54. The van der Waals surface area contributed by atoms with Crippen LogP contribution in [0, 0.1) is 10.1 Å². The zero-order valence-corrected chi connectivity index (χ0v) is 15.2. The number of amides is 4. The number of rotatable bonds is 4. The smallest absolute Gasteiger partial charge is 0.273 e. The van der Waals surface area contributed by atoms with Crippen molar-refractivity contribution in [2.45, 2.75) is 19.8 Å². The van der Waals surface area contributed by atoms with Gasteiger partial charge in [0.1, 0.15) is 5.57 Å². The molecular weight excluding hydrogens is 362 g/mol. The SMILES string of the molecule is CC(C)c1ccc(N2C(=O)NC(=O)/C(=C/c3cccc([N+](=O)[O-])c3)C2=O)cc1. The lowest BCUT2D eigenvalue weighted by molar-refractivity contribution is -0.384. The number of carbonyl (C=O) groups excluding carboxylic acids is 3. The fourth-order valence-corrected chi connectivity index (χ4v) is 2.80. The zero-order chi connectivity index (χ0) is 20.4. The number of barbiturate groups is 1. The van der Waals surface area contributed by atoms with Crippen molar-refractivity contribution in [2.24, 2.45) is 0 Å². The minimum absolute atomic E-state index is 0.171. The molecule has 1 fully saturated rings. The molecule has 142 valence electrons. The molecule has 0 radical (unpaired) electrons. The first-order chi connectivity index (χ1) is 13.3. The van der Waals surface area contributed by atoms with E-state index in [4.69, 9.17) is 0 Å². The predicted octanol–water partition coefficient (Wildman–Crippen LogP) is 3.38. The Labute approximate surface area is 160 Å². The number of hydrogen-bond donors (Lipinski definition) is 1. The van der Waals surface area contributed by atoms with E-state index < -0.39 is 22.8 Å². The molecule has 2 aromatic rings. The van der Waals surface area contributed by atoms with E-state index in [1.807, 2.05) is 13.8 Å². The fourth-order valence-electron chi connectivity index (χ4n) is 2.80. The van der Waals surface area contributed by atoms with Gasteiger partial charge in [0, 0.05) is 12.1 Å². The number of nitro benzene ring substituents is 1. The summed E-state index contributed by atoms with van der Waals surface area (Å²) in [5.74, 6) is -1.36. The molecule has 8 nitrogen and oxygen atoms in total. The van der Waals surface area contributed by atoms with Gasteiger partial charge in [-0.2, -0.15) is 0 Å². The Morgan fingerprint density at radius 1 is 1.07 bits per heavy atom. The molecule has 0 unspecified atom stereocenters. The third-order valence-electron chi connectivity index (χ3n) is 4.31. The van der Waals surface area contributed by atoms with E-state index in [2.05, 4.69) is 5.32 Å². The van der Waals surface area contributed by atoms with Gasteiger partial charge < -0.3 is 0 Å². The number of nitrogens with zero attached hydrogens (tertiary/aromatic N) is 2. The van der Waals surface area contributed by atoms with E-state index in [9.17, 15) is 24.5 Å². The highest BCUT2D eigenvalue weighted by atomic mass is 16.6. The molecule has 4 amide bonds. The van der Waals surface area contributed by atoms with Crippen molar-refractivity contribution in [3.05, 3.63) is 75.3 Å². The molecule has 2 aromatic carbocycles. The van der Waals surface area contributed by atoms with Gasteiger partial charge in [0.15, 0.2) is 0 Å². The molecule has 0 aliphatic carbocycles. The highest BCUT2D eigenvalue weighted by Crippen LogP contribution is 2.25. The van der Waals surface area contributed by atoms with Crippen molar-refractivity contribution >= 4 is 35.3 Å². The lowest BCUT2D eigenvalue weighted by Crippen LogP contribution is -2.54. The van der Waals surface area contributed by atoms with Gasteiger partial charge in [-0.3, -0.25) is 25.0 Å². The molecule has 28 heavy (non-hydrogen) atoms. The molecule has 0 bridgehead atoms. The van der Waals surface area contributed by atoms with Crippen LogP contribution in [0.5, 0.6) is 0 Å². The molecule has 1 heterocycles. The minimum Gasteiger partial charge on any atom is -0.273 e. The highest BCUT2D eigenvalue weighted by Gasteiger charge is 2.36. The second kappa shape index (κ2) is 7.43. The maximum atomic E-state index is 12.8. The second-order valence-corrected chi connectivity index (χ2v) is 6.56. The Morgan fingerprint density at radius 3 is 2.36 bits per heavy atom. The summed E-state index contributed by atoms with van der Waals surface area (Å²) in [5.41, 5.74) is 1.21. The van der Waals surface area contributed by atoms with Crippen LogP contribution in [-0.2, 0) is 9.59 Å². The van der Waals surface area contributed by atoms with Crippen LogP contribution >= 0.6 is 0 Å². The average Bonchev–Trinajstić information content (AvgIpc) is 2.65. The van der Waals surface area contributed by atoms with Crippen LogP contribution in [0.3, 0.4) is 0 Å². The van der Waals surface area contributed by atoms with Crippen molar-refractivity contribution in [3.63, 3.8) is 0 Å². The highest BCUT2D eigenvalue weighted by molar-refractivity contribution is 6.39. The number of hydrogen-bond acceptors (Lipinski definition) is 5. The Hall–Kier alpha value is -3.81. The van der Waals surface area contributed by atoms with Gasteiger partial charge in [0.2, 0.25) is 0 Å². The number of non-ortho nitro benzene ring substituents is 1. The standard InChI is InChI=1S/C20H17N3O5/c1-12(2)14-6-8-15(9-7-14)22-19(25)17(18(24)21-20(22)26)11-13-4-3-5-16(10-13)23(27)28/h3-12H,1-2H3,(H,21,24,26)/b17-11-. The van der Waals surface area contributed by atoms with Crippen LogP contribution in [0.4, 0.5) is 16.2 Å².